The van der Waals surface area contributed by atoms with Crippen molar-refractivity contribution in [1.29, 1.82) is 0 Å². The van der Waals surface area contributed by atoms with Crippen LogP contribution in [-0.4, -0.2) is 5.11 Å². The molecule has 1 N–H and O–H groups in total. The summed E-state index contributed by atoms with van der Waals surface area (Å²) >= 11 is 0. The normalized spacial score (nSPS) is 9.21. The lowest BCUT2D eigenvalue weighted by Gasteiger charge is -2.12. The minimum Gasteiger partial charge on any atom is -0.508 e. The fraction of sp³-hybridized carbons (Fsp3) is 0.231. The number of aliphatic hydroxyl groups excluding tert-OH is 1. The van der Waals surface area contributed by atoms with Crippen molar-refractivity contribution in [1.82, 2.24) is 0 Å². The van der Waals surface area contributed by atoms with Crippen molar-refractivity contribution < 1.29 is 5.11 Å². The summed E-state index contributed by atoms with van der Waals surface area (Å²) in [5.41, 5.74) is 2.70. The predicted molar refractivity (Wildman–Crippen MR) is 63.2 cm³/mol. The molecule has 0 spiro atoms. The van der Waals surface area contributed by atoms with E-state index < -0.39 is 0 Å². The molecule has 0 atom stereocenters. The Kier molecular flexibility index (Phi) is 4.71. The Morgan fingerprint density at radius 1 is 0.929 bits per heavy atom. The summed E-state index contributed by atoms with van der Waals surface area (Å²) in [4.78, 5) is 0. The molecule has 0 fully saturated rings. The highest BCUT2D eigenvalue weighted by atomic mass is 16.3. The fourth-order valence-corrected chi connectivity index (χ4v) is 1.02. The zero-order valence-electron chi connectivity index (χ0n) is 8.90. The summed E-state index contributed by atoms with van der Waals surface area (Å²) in [6.07, 6.45) is 1.89. The van der Waals surface area contributed by atoms with Crippen molar-refractivity contribution in [2.75, 3.05) is 0 Å². The van der Waals surface area contributed by atoms with E-state index in [-0.39, 0.29) is 5.76 Å². The van der Waals surface area contributed by atoms with Gasteiger partial charge in [-0.25, -0.2) is 0 Å². The first-order chi connectivity index (χ1) is 6.41. The molecule has 0 saturated heterocycles. The zero-order chi connectivity index (χ0) is 11.3. The van der Waals surface area contributed by atoms with Gasteiger partial charge in [0.2, 0.25) is 0 Å². The largest absolute Gasteiger partial charge is 0.508 e. The zero-order valence-corrected chi connectivity index (χ0v) is 8.90. The van der Waals surface area contributed by atoms with Crippen molar-refractivity contribution in [3.63, 3.8) is 0 Å². The average Bonchev–Trinajstić information content (AvgIpc) is 2.14. The summed E-state index contributed by atoms with van der Waals surface area (Å²) in [6.45, 7) is 20.7. The van der Waals surface area contributed by atoms with E-state index in [4.69, 9.17) is 5.11 Å². The Morgan fingerprint density at radius 3 is 1.79 bits per heavy atom. The molecule has 0 aromatic carbocycles. The van der Waals surface area contributed by atoms with E-state index in [1.54, 1.807) is 0 Å². The standard InChI is InChI=1S/C13H18O/c1-7-8-9(2)10(3)11(4)12(5)13(6)14/h14H,2-8H2,1H3. The van der Waals surface area contributed by atoms with Crippen molar-refractivity contribution in [3.8, 4) is 0 Å². The van der Waals surface area contributed by atoms with Crippen molar-refractivity contribution in [2.24, 2.45) is 0 Å². The van der Waals surface area contributed by atoms with Crippen molar-refractivity contribution >= 4 is 0 Å². The van der Waals surface area contributed by atoms with Crippen LogP contribution in [-0.2, 0) is 0 Å². The van der Waals surface area contributed by atoms with Gasteiger partial charge in [0, 0.05) is 5.57 Å². The van der Waals surface area contributed by atoms with Crippen LogP contribution < -0.4 is 0 Å². The first-order valence-electron chi connectivity index (χ1n) is 4.55. The van der Waals surface area contributed by atoms with Gasteiger partial charge in [0.25, 0.3) is 0 Å². The first kappa shape index (κ1) is 12.5. The second kappa shape index (κ2) is 5.28. The monoisotopic (exact) mass is 190 g/mol. The molecule has 1 nitrogen and oxygen atoms in total. The van der Waals surface area contributed by atoms with Gasteiger partial charge in [-0.05, 0) is 23.1 Å². The summed E-state index contributed by atoms with van der Waals surface area (Å²) < 4.78 is 0. The molecular formula is C13H18O. The summed E-state index contributed by atoms with van der Waals surface area (Å²) in [7, 11) is 0. The van der Waals surface area contributed by atoms with Crippen LogP contribution >= 0.6 is 0 Å². The topological polar surface area (TPSA) is 20.2 Å². The van der Waals surface area contributed by atoms with Crippen LogP contribution in [0.3, 0.4) is 0 Å². The highest BCUT2D eigenvalue weighted by Crippen LogP contribution is 2.25. The number of rotatable bonds is 6. The molecule has 0 amide bonds. The summed E-state index contributed by atoms with van der Waals surface area (Å²) in [6, 6.07) is 0. The second-order valence-corrected chi connectivity index (χ2v) is 3.24. The van der Waals surface area contributed by atoms with E-state index in [1.165, 1.54) is 0 Å². The molecule has 14 heavy (non-hydrogen) atoms. The van der Waals surface area contributed by atoms with Gasteiger partial charge in [-0.2, -0.15) is 0 Å². The molecular weight excluding hydrogens is 172 g/mol. The maximum atomic E-state index is 9.13. The molecule has 0 heterocycles. The van der Waals surface area contributed by atoms with Crippen molar-refractivity contribution in [2.45, 2.75) is 19.8 Å². The maximum Gasteiger partial charge on any atom is 0.115 e. The number of hydrogen-bond acceptors (Lipinski definition) is 1. The number of aliphatic hydroxyl groups is 1. The van der Waals surface area contributed by atoms with E-state index in [0.29, 0.717) is 11.1 Å². The number of allylic oxidation sites excluding steroid dienone is 3. The van der Waals surface area contributed by atoms with E-state index >= 15 is 0 Å². The van der Waals surface area contributed by atoms with Crippen LogP contribution in [0.4, 0.5) is 0 Å². The van der Waals surface area contributed by atoms with E-state index in [2.05, 4.69) is 39.8 Å². The van der Waals surface area contributed by atoms with Gasteiger partial charge in [-0.1, -0.05) is 46.2 Å². The van der Waals surface area contributed by atoms with Gasteiger partial charge in [-0.15, -0.1) is 0 Å². The van der Waals surface area contributed by atoms with Gasteiger partial charge in [-0.3, -0.25) is 0 Å². The second-order valence-electron chi connectivity index (χ2n) is 3.24. The smallest absolute Gasteiger partial charge is 0.115 e. The third-order valence-electron chi connectivity index (χ3n) is 2.06. The van der Waals surface area contributed by atoms with Gasteiger partial charge >= 0.3 is 0 Å². The molecule has 0 rings (SSSR count). The fourth-order valence-electron chi connectivity index (χ4n) is 1.02. The SMILES string of the molecule is C=C(O)C(=C)C(=C)C(=C)C(=C)CCC. The van der Waals surface area contributed by atoms with Crippen molar-refractivity contribution in [3.05, 3.63) is 60.9 Å². The van der Waals surface area contributed by atoms with Gasteiger partial charge in [0.05, 0.1) is 0 Å². The molecule has 0 aliphatic carbocycles. The molecule has 0 aromatic rings. The van der Waals surface area contributed by atoms with Gasteiger partial charge < -0.3 is 5.11 Å². The Balaban J connectivity index is 4.56. The Bertz CT molecular complexity index is 305. The lowest BCUT2D eigenvalue weighted by atomic mass is 9.93. The van der Waals surface area contributed by atoms with E-state index in [9.17, 15) is 0 Å². The van der Waals surface area contributed by atoms with Crippen LogP contribution in [0.15, 0.2) is 60.9 Å². The molecule has 76 valence electrons. The van der Waals surface area contributed by atoms with Crippen LogP contribution in [0.5, 0.6) is 0 Å². The predicted octanol–water partition coefficient (Wildman–Crippen LogP) is 4.08. The molecule has 0 aliphatic rings. The maximum absolute atomic E-state index is 9.13. The third-order valence-corrected chi connectivity index (χ3v) is 2.06. The molecule has 1 heteroatoms. The van der Waals surface area contributed by atoms with Crippen LogP contribution in [0.25, 0.3) is 0 Å². The summed E-state index contributed by atoms with van der Waals surface area (Å²) in [5, 5.41) is 9.13. The van der Waals surface area contributed by atoms with Gasteiger partial charge in [0.15, 0.2) is 0 Å². The first-order valence-corrected chi connectivity index (χ1v) is 4.55. The molecule has 0 unspecified atom stereocenters. The highest BCUT2D eigenvalue weighted by Gasteiger charge is 2.09. The lowest BCUT2D eigenvalue weighted by Crippen LogP contribution is -1.96. The minimum atomic E-state index is -0.0690. The van der Waals surface area contributed by atoms with Crippen LogP contribution in [0.1, 0.15) is 19.8 Å². The average molecular weight is 190 g/mol. The van der Waals surface area contributed by atoms with Gasteiger partial charge in [0.1, 0.15) is 5.76 Å². The molecule has 0 aromatic heterocycles. The third kappa shape index (κ3) is 3.09. The van der Waals surface area contributed by atoms with Crippen LogP contribution in [0, 0.1) is 0 Å². The molecule has 0 saturated carbocycles. The van der Waals surface area contributed by atoms with E-state index in [1.807, 2.05) is 0 Å². The number of hydrogen-bond donors (Lipinski definition) is 1. The molecule has 0 radical (unpaired) electrons. The Hall–Kier alpha value is -1.50. The van der Waals surface area contributed by atoms with E-state index in [0.717, 1.165) is 24.0 Å². The highest BCUT2D eigenvalue weighted by molar-refractivity contribution is 5.55. The lowest BCUT2D eigenvalue weighted by molar-refractivity contribution is 0.428. The quantitative estimate of drug-likeness (QED) is 0.494. The van der Waals surface area contributed by atoms with Crippen LogP contribution in [0.2, 0.25) is 0 Å². The molecule has 0 aliphatic heterocycles. The molecule has 0 bridgehead atoms. The minimum absolute atomic E-state index is 0.0690. The Morgan fingerprint density at radius 2 is 1.43 bits per heavy atom. The summed E-state index contributed by atoms with van der Waals surface area (Å²) in [5.74, 6) is -0.0690. The Labute approximate surface area is 86.5 Å².